The number of hydrogen-bond acceptors (Lipinski definition) is 6. The Morgan fingerprint density at radius 3 is 2.91 bits per heavy atom. The number of pyridine rings is 1. The highest BCUT2D eigenvalue weighted by Gasteiger charge is 2.40. The number of hydrogen-bond donors (Lipinski definition) is 1. The van der Waals surface area contributed by atoms with Crippen molar-refractivity contribution in [3.05, 3.63) is 77.6 Å². The minimum atomic E-state index is -3.05. The van der Waals surface area contributed by atoms with Gasteiger partial charge in [0.1, 0.15) is 23.1 Å². The van der Waals surface area contributed by atoms with Gasteiger partial charge < -0.3 is 18.9 Å². The second kappa shape index (κ2) is 7.82. The molecular formula is C22H17F3N8O2. The molecular weight excluding hydrogens is 465 g/mol. The molecule has 1 unspecified atom stereocenters. The number of nitrogens with zero attached hydrogens (tertiary/aromatic N) is 7. The predicted octanol–water partition coefficient (Wildman–Crippen LogP) is 3.31. The fraction of sp³-hybridized carbons (Fsp3) is 0.227. The highest BCUT2D eigenvalue weighted by atomic mass is 19.3. The number of halogens is 3. The molecule has 1 atom stereocenters. The number of H-pyrrole nitrogens is 1. The lowest BCUT2D eigenvalue weighted by Gasteiger charge is -2.33. The first-order valence-electron chi connectivity index (χ1n) is 10.6. The predicted molar refractivity (Wildman–Crippen MR) is 114 cm³/mol. The van der Waals surface area contributed by atoms with Crippen LogP contribution in [0.1, 0.15) is 45.8 Å². The highest BCUT2D eigenvalue weighted by Crippen LogP contribution is 2.36. The van der Waals surface area contributed by atoms with Gasteiger partial charge in [0.15, 0.2) is 5.69 Å². The Labute approximate surface area is 195 Å². The Morgan fingerprint density at radius 1 is 1.31 bits per heavy atom. The van der Waals surface area contributed by atoms with E-state index in [1.807, 2.05) is 0 Å². The van der Waals surface area contributed by atoms with Crippen molar-refractivity contribution in [2.45, 2.75) is 18.9 Å². The van der Waals surface area contributed by atoms with Gasteiger partial charge in [-0.3, -0.25) is 4.79 Å². The van der Waals surface area contributed by atoms with Crippen molar-refractivity contribution < 1.29 is 22.4 Å². The second-order valence-electron chi connectivity index (χ2n) is 8.13. The van der Waals surface area contributed by atoms with E-state index < -0.39 is 35.6 Å². The molecule has 0 aromatic carbocycles. The van der Waals surface area contributed by atoms with E-state index in [0.29, 0.717) is 17.8 Å². The highest BCUT2D eigenvalue weighted by molar-refractivity contribution is 5.93. The molecule has 6 rings (SSSR count). The van der Waals surface area contributed by atoms with E-state index in [9.17, 15) is 18.0 Å². The van der Waals surface area contributed by atoms with Gasteiger partial charge in [-0.15, -0.1) is 0 Å². The summed E-state index contributed by atoms with van der Waals surface area (Å²) in [6.07, 6.45) is 3.42. The summed E-state index contributed by atoms with van der Waals surface area (Å²) in [6.45, 7) is 0.164. The summed E-state index contributed by atoms with van der Waals surface area (Å²) in [5.41, 5.74) is 1.26. The average Bonchev–Trinajstić information content (AvgIpc) is 3.62. The SMILES string of the molecule is Cn1cnc(-c2nc(C(F)F)c(C(=O)N3CCc4[nH]cnc4C3c3cc4c(F)cccn4n3)o2)c1. The van der Waals surface area contributed by atoms with Crippen LogP contribution in [-0.2, 0) is 13.5 Å². The maximum Gasteiger partial charge on any atom is 0.292 e. The zero-order valence-electron chi connectivity index (χ0n) is 18.2. The normalized spacial score (nSPS) is 15.8. The Hall–Kier alpha value is -4.42. The maximum absolute atomic E-state index is 14.4. The molecule has 5 aromatic heterocycles. The van der Waals surface area contributed by atoms with Gasteiger partial charge in [-0.1, -0.05) is 0 Å². The summed E-state index contributed by atoms with van der Waals surface area (Å²) >= 11 is 0. The van der Waals surface area contributed by atoms with Crippen molar-refractivity contribution in [2.75, 3.05) is 6.54 Å². The number of alkyl halides is 2. The van der Waals surface area contributed by atoms with Gasteiger partial charge in [-0.2, -0.15) is 5.10 Å². The van der Waals surface area contributed by atoms with Gasteiger partial charge in [-0.05, 0) is 18.2 Å². The Balaban J connectivity index is 1.46. The average molecular weight is 482 g/mol. The van der Waals surface area contributed by atoms with Crippen LogP contribution >= 0.6 is 0 Å². The zero-order chi connectivity index (χ0) is 24.3. The van der Waals surface area contributed by atoms with E-state index in [1.54, 1.807) is 24.0 Å². The van der Waals surface area contributed by atoms with Crippen molar-refractivity contribution in [1.82, 2.24) is 39.0 Å². The number of nitrogens with one attached hydrogen (secondary N) is 1. The summed E-state index contributed by atoms with van der Waals surface area (Å²) in [4.78, 5) is 30.3. The fourth-order valence-corrected chi connectivity index (χ4v) is 4.32. The maximum atomic E-state index is 14.4. The molecule has 0 bridgehead atoms. The monoisotopic (exact) mass is 482 g/mol. The molecule has 1 N–H and O–H groups in total. The minimum absolute atomic E-state index is 0.164. The van der Waals surface area contributed by atoms with Crippen LogP contribution in [0, 0.1) is 5.82 Å². The molecule has 0 radical (unpaired) electrons. The molecule has 178 valence electrons. The number of rotatable bonds is 4. The van der Waals surface area contributed by atoms with Crippen LogP contribution < -0.4 is 0 Å². The number of oxazole rings is 1. The number of carbonyl (C=O) groups is 1. The molecule has 0 spiro atoms. The van der Waals surface area contributed by atoms with Gasteiger partial charge in [0.2, 0.25) is 11.7 Å². The van der Waals surface area contributed by atoms with Crippen LogP contribution in [0.5, 0.6) is 0 Å². The van der Waals surface area contributed by atoms with E-state index in [-0.39, 0.29) is 23.6 Å². The van der Waals surface area contributed by atoms with Crippen LogP contribution in [0.4, 0.5) is 13.2 Å². The molecule has 0 aliphatic carbocycles. The first-order chi connectivity index (χ1) is 16.9. The number of carbonyl (C=O) groups excluding carboxylic acids is 1. The largest absolute Gasteiger partial charge is 0.429 e. The van der Waals surface area contributed by atoms with Gasteiger partial charge >= 0.3 is 0 Å². The molecule has 1 amide bonds. The number of aromatic amines is 1. The van der Waals surface area contributed by atoms with Gasteiger partial charge in [0.05, 0.1) is 24.0 Å². The van der Waals surface area contributed by atoms with E-state index in [1.165, 1.54) is 40.3 Å². The second-order valence-corrected chi connectivity index (χ2v) is 8.13. The van der Waals surface area contributed by atoms with Crippen LogP contribution in [0.15, 0.2) is 47.7 Å². The van der Waals surface area contributed by atoms with Crippen LogP contribution in [-0.4, -0.2) is 51.5 Å². The molecule has 10 nitrogen and oxygen atoms in total. The lowest BCUT2D eigenvalue weighted by Crippen LogP contribution is -2.41. The lowest BCUT2D eigenvalue weighted by atomic mass is 9.99. The van der Waals surface area contributed by atoms with Crippen molar-refractivity contribution in [1.29, 1.82) is 0 Å². The summed E-state index contributed by atoms with van der Waals surface area (Å²) in [7, 11) is 1.71. The first-order valence-corrected chi connectivity index (χ1v) is 10.6. The van der Waals surface area contributed by atoms with Crippen molar-refractivity contribution >= 4 is 11.4 Å². The van der Waals surface area contributed by atoms with E-state index in [2.05, 4.69) is 25.0 Å². The molecule has 6 heterocycles. The lowest BCUT2D eigenvalue weighted by molar-refractivity contribution is 0.0640. The Morgan fingerprint density at radius 2 is 2.17 bits per heavy atom. The number of aryl methyl sites for hydroxylation is 1. The molecule has 1 aliphatic heterocycles. The molecule has 35 heavy (non-hydrogen) atoms. The number of fused-ring (bicyclic) bond motifs is 2. The van der Waals surface area contributed by atoms with E-state index in [0.717, 1.165) is 5.69 Å². The third kappa shape index (κ3) is 3.38. The van der Waals surface area contributed by atoms with Gasteiger partial charge in [0, 0.05) is 38.1 Å². The molecule has 1 aliphatic rings. The smallest absolute Gasteiger partial charge is 0.292 e. The van der Waals surface area contributed by atoms with E-state index >= 15 is 0 Å². The molecule has 0 saturated heterocycles. The van der Waals surface area contributed by atoms with Gasteiger partial charge in [0.25, 0.3) is 12.3 Å². The summed E-state index contributed by atoms with van der Waals surface area (Å²) in [5, 5.41) is 4.44. The zero-order valence-corrected chi connectivity index (χ0v) is 18.2. The van der Waals surface area contributed by atoms with E-state index in [4.69, 9.17) is 4.42 Å². The Kier molecular flexibility index (Phi) is 4.72. The van der Waals surface area contributed by atoms with Crippen molar-refractivity contribution in [3.8, 4) is 11.6 Å². The summed E-state index contributed by atoms with van der Waals surface area (Å²) in [6, 6.07) is 3.46. The van der Waals surface area contributed by atoms with Crippen LogP contribution in [0.3, 0.4) is 0 Å². The fourth-order valence-electron chi connectivity index (χ4n) is 4.32. The van der Waals surface area contributed by atoms with Crippen molar-refractivity contribution in [2.24, 2.45) is 7.05 Å². The third-order valence-electron chi connectivity index (χ3n) is 5.91. The number of amides is 1. The van der Waals surface area contributed by atoms with Crippen molar-refractivity contribution in [3.63, 3.8) is 0 Å². The van der Waals surface area contributed by atoms with Crippen LogP contribution in [0.2, 0.25) is 0 Å². The molecule has 13 heteroatoms. The summed E-state index contributed by atoms with van der Waals surface area (Å²) in [5.74, 6) is -2.06. The molecule has 5 aromatic rings. The minimum Gasteiger partial charge on any atom is -0.429 e. The standard InChI is InChI=1S/C22H17F3N8O2/c1-31-8-14(28-10-31)21-29-17(20(24)25)19(35-21)22(34)32-6-4-12-16(27-9-26-12)18(32)13-7-15-11(23)3-2-5-33(15)30-13/h2-3,5,7-10,18,20H,4,6H2,1H3,(H,26,27). The molecule has 0 saturated carbocycles. The van der Waals surface area contributed by atoms with Gasteiger partial charge in [-0.25, -0.2) is 32.6 Å². The first kappa shape index (κ1) is 21.1. The topological polar surface area (TPSA) is 110 Å². The molecule has 0 fully saturated rings. The number of imidazole rings is 2. The quantitative estimate of drug-likeness (QED) is 0.421. The third-order valence-corrected chi connectivity index (χ3v) is 5.91. The summed E-state index contributed by atoms with van der Waals surface area (Å²) < 4.78 is 50.6. The van der Waals surface area contributed by atoms with Crippen LogP contribution in [0.25, 0.3) is 17.1 Å². The Bertz CT molecular complexity index is 1570. The number of aromatic nitrogens is 7.